The highest BCUT2D eigenvalue weighted by atomic mass is 19.4. The predicted octanol–water partition coefficient (Wildman–Crippen LogP) is 2.70. The number of benzene rings is 1. The third kappa shape index (κ3) is 6.81. The number of ketones is 1. The molecule has 6 heteroatoms. The molecule has 1 N–H and O–H groups in total. The normalized spacial score (nSPS) is 11.4. The van der Waals surface area contributed by atoms with Gasteiger partial charge in [-0.3, -0.25) is 4.79 Å². The zero-order valence-corrected chi connectivity index (χ0v) is 10.6. The van der Waals surface area contributed by atoms with Crippen molar-refractivity contribution in [3.05, 3.63) is 29.8 Å². The van der Waals surface area contributed by atoms with Crippen LogP contribution in [0.1, 0.15) is 18.4 Å². The summed E-state index contributed by atoms with van der Waals surface area (Å²) in [6.07, 6.45) is -3.24. The van der Waals surface area contributed by atoms with E-state index in [1.165, 1.54) is 24.3 Å². The van der Waals surface area contributed by atoms with E-state index in [4.69, 9.17) is 0 Å². The fourth-order valence-corrected chi connectivity index (χ4v) is 1.59. The molecule has 0 heterocycles. The molecule has 0 radical (unpaired) electrons. The smallest absolute Gasteiger partial charge is 0.406 e. The van der Waals surface area contributed by atoms with Crippen LogP contribution in [0.4, 0.5) is 13.2 Å². The van der Waals surface area contributed by atoms with Crippen molar-refractivity contribution in [2.24, 2.45) is 0 Å². The predicted molar refractivity (Wildman–Crippen MR) is 65.0 cm³/mol. The summed E-state index contributed by atoms with van der Waals surface area (Å²) in [5.74, 6) is -0.210. The molecule has 1 aromatic carbocycles. The minimum absolute atomic E-state index is 0.0692. The van der Waals surface area contributed by atoms with Gasteiger partial charge in [-0.1, -0.05) is 12.1 Å². The minimum atomic E-state index is -4.69. The van der Waals surface area contributed by atoms with Crippen LogP contribution in [0.25, 0.3) is 0 Å². The summed E-state index contributed by atoms with van der Waals surface area (Å²) >= 11 is 0. The van der Waals surface area contributed by atoms with Gasteiger partial charge in [0, 0.05) is 12.8 Å². The van der Waals surface area contributed by atoms with Gasteiger partial charge in [-0.05, 0) is 37.7 Å². The van der Waals surface area contributed by atoms with Crippen LogP contribution >= 0.6 is 0 Å². The number of carbonyl (C=O) groups is 1. The molecule has 0 aliphatic rings. The summed E-state index contributed by atoms with van der Waals surface area (Å²) in [6, 6.07) is 5.36. The van der Waals surface area contributed by atoms with E-state index in [0.717, 1.165) is 13.0 Å². The number of alkyl halides is 3. The second-order valence-electron chi connectivity index (χ2n) is 4.11. The molecule has 0 amide bonds. The van der Waals surface area contributed by atoms with Crippen LogP contribution in [0.2, 0.25) is 0 Å². The van der Waals surface area contributed by atoms with Gasteiger partial charge in [-0.2, -0.15) is 0 Å². The molecule has 1 aromatic rings. The number of halogens is 3. The maximum atomic E-state index is 11.9. The van der Waals surface area contributed by atoms with Crippen LogP contribution in [0, 0.1) is 0 Å². The standard InChI is InChI=1S/C13H16F3NO2/c1-17-8-2-3-11(18)9-10-4-6-12(7-5-10)19-13(14,15)16/h4-7,17H,2-3,8-9H2,1H3. The van der Waals surface area contributed by atoms with Crippen molar-refractivity contribution in [1.29, 1.82) is 0 Å². The molecular weight excluding hydrogens is 259 g/mol. The Kier molecular flexibility index (Phi) is 5.82. The van der Waals surface area contributed by atoms with E-state index in [0.29, 0.717) is 12.0 Å². The molecule has 3 nitrogen and oxygen atoms in total. The SMILES string of the molecule is CNCCCC(=O)Cc1ccc(OC(F)(F)F)cc1. The molecule has 19 heavy (non-hydrogen) atoms. The fraction of sp³-hybridized carbons (Fsp3) is 0.462. The molecular formula is C13H16F3NO2. The van der Waals surface area contributed by atoms with E-state index in [9.17, 15) is 18.0 Å². The van der Waals surface area contributed by atoms with Gasteiger partial charge in [0.1, 0.15) is 11.5 Å². The van der Waals surface area contributed by atoms with E-state index in [1.807, 2.05) is 7.05 Å². The number of rotatable bonds is 7. The first-order valence-corrected chi connectivity index (χ1v) is 5.91. The van der Waals surface area contributed by atoms with Gasteiger partial charge in [-0.25, -0.2) is 0 Å². The van der Waals surface area contributed by atoms with Gasteiger partial charge in [0.25, 0.3) is 0 Å². The van der Waals surface area contributed by atoms with Crippen molar-refractivity contribution in [1.82, 2.24) is 5.32 Å². The molecule has 106 valence electrons. The van der Waals surface area contributed by atoms with Crippen LogP contribution in [-0.2, 0) is 11.2 Å². The summed E-state index contributed by atoms with van der Waals surface area (Å²) in [4.78, 5) is 11.6. The van der Waals surface area contributed by atoms with E-state index < -0.39 is 6.36 Å². The molecule has 0 aromatic heterocycles. The molecule has 1 rings (SSSR count). The van der Waals surface area contributed by atoms with Crippen LogP contribution < -0.4 is 10.1 Å². The van der Waals surface area contributed by atoms with Crippen molar-refractivity contribution >= 4 is 5.78 Å². The Morgan fingerprint density at radius 1 is 1.26 bits per heavy atom. The first-order valence-electron chi connectivity index (χ1n) is 5.91. The molecule has 0 saturated heterocycles. The molecule has 0 bridgehead atoms. The van der Waals surface area contributed by atoms with E-state index in [-0.39, 0.29) is 18.0 Å². The molecule has 0 saturated carbocycles. The van der Waals surface area contributed by atoms with Crippen LogP contribution in [0.5, 0.6) is 5.75 Å². The van der Waals surface area contributed by atoms with E-state index in [2.05, 4.69) is 10.1 Å². The number of carbonyl (C=O) groups excluding carboxylic acids is 1. The van der Waals surface area contributed by atoms with Crippen molar-refractivity contribution in [2.45, 2.75) is 25.6 Å². The third-order valence-corrected chi connectivity index (χ3v) is 2.44. The van der Waals surface area contributed by atoms with Crippen molar-refractivity contribution in [3.63, 3.8) is 0 Å². The van der Waals surface area contributed by atoms with Gasteiger partial charge >= 0.3 is 6.36 Å². The molecule has 0 atom stereocenters. The number of Topliss-reactive ketones (excluding diaryl/α,β-unsaturated/α-hetero) is 1. The van der Waals surface area contributed by atoms with Crippen molar-refractivity contribution in [3.8, 4) is 5.75 Å². The molecule has 0 aliphatic heterocycles. The number of hydrogen-bond donors (Lipinski definition) is 1. The summed E-state index contributed by atoms with van der Waals surface area (Å²) in [7, 11) is 1.81. The average molecular weight is 275 g/mol. The molecule has 0 aliphatic carbocycles. The highest BCUT2D eigenvalue weighted by molar-refractivity contribution is 5.80. The quantitative estimate of drug-likeness (QED) is 0.778. The molecule has 0 unspecified atom stereocenters. The Hall–Kier alpha value is -1.56. The Morgan fingerprint density at radius 2 is 1.89 bits per heavy atom. The number of hydrogen-bond acceptors (Lipinski definition) is 3. The summed E-state index contributed by atoms with van der Waals surface area (Å²) in [6.45, 7) is 0.768. The Balaban J connectivity index is 2.46. The highest BCUT2D eigenvalue weighted by Gasteiger charge is 2.30. The van der Waals surface area contributed by atoms with Gasteiger partial charge in [0.15, 0.2) is 0 Å². The largest absolute Gasteiger partial charge is 0.573 e. The summed E-state index contributed by atoms with van der Waals surface area (Å²) < 4.78 is 39.6. The van der Waals surface area contributed by atoms with Crippen LogP contribution in [0.3, 0.4) is 0 Å². The zero-order chi connectivity index (χ0) is 14.3. The second kappa shape index (κ2) is 7.13. The van der Waals surface area contributed by atoms with Gasteiger partial charge in [0.2, 0.25) is 0 Å². The fourth-order valence-electron chi connectivity index (χ4n) is 1.59. The number of ether oxygens (including phenoxy) is 1. The minimum Gasteiger partial charge on any atom is -0.406 e. The van der Waals surface area contributed by atoms with Gasteiger partial charge in [0.05, 0.1) is 0 Å². The Labute approximate surface area is 109 Å². The zero-order valence-electron chi connectivity index (χ0n) is 10.6. The highest BCUT2D eigenvalue weighted by Crippen LogP contribution is 2.22. The topological polar surface area (TPSA) is 38.3 Å². The van der Waals surface area contributed by atoms with Gasteiger partial charge < -0.3 is 10.1 Å². The van der Waals surface area contributed by atoms with Crippen LogP contribution in [0.15, 0.2) is 24.3 Å². The number of nitrogens with one attached hydrogen (secondary N) is 1. The first kappa shape index (κ1) is 15.5. The maximum absolute atomic E-state index is 11.9. The lowest BCUT2D eigenvalue weighted by Gasteiger charge is -2.09. The third-order valence-electron chi connectivity index (χ3n) is 2.44. The summed E-state index contributed by atoms with van der Waals surface area (Å²) in [5.41, 5.74) is 0.684. The molecule has 0 fully saturated rings. The average Bonchev–Trinajstić information content (AvgIpc) is 2.30. The summed E-state index contributed by atoms with van der Waals surface area (Å²) in [5, 5.41) is 2.94. The van der Waals surface area contributed by atoms with E-state index in [1.54, 1.807) is 0 Å². The lowest BCUT2D eigenvalue weighted by atomic mass is 10.1. The first-order chi connectivity index (χ1) is 8.90. The van der Waals surface area contributed by atoms with Crippen molar-refractivity contribution < 1.29 is 22.7 Å². The Morgan fingerprint density at radius 3 is 2.42 bits per heavy atom. The van der Waals surface area contributed by atoms with Crippen LogP contribution in [-0.4, -0.2) is 25.7 Å². The van der Waals surface area contributed by atoms with Gasteiger partial charge in [-0.15, -0.1) is 13.2 Å². The second-order valence-corrected chi connectivity index (χ2v) is 4.11. The molecule has 0 spiro atoms. The Bertz CT molecular complexity index is 401. The van der Waals surface area contributed by atoms with E-state index >= 15 is 0 Å². The van der Waals surface area contributed by atoms with Crippen molar-refractivity contribution in [2.75, 3.05) is 13.6 Å². The lowest BCUT2D eigenvalue weighted by molar-refractivity contribution is -0.274. The monoisotopic (exact) mass is 275 g/mol. The maximum Gasteiger partial charge on any atom is 0.573 e. The lowest BCUT2D eigenvalue weighted by Crippen LogP contribution is -2.17.